The number of fused-ring (bicyclic) bond motifs is 3. The second-order valence-corrected chi connectivity index (χ2v) is 8.52. The predicted molar refractivity (Wildman–Crippen MR) is 115 cm³/mol. The van der Waals surface area contributed by atoms with Gasteiger partial charge in [-0.3, -0.25) is 14.4 Å². The highest BCUT2D eigenvalue weighted by atomic mass is 16.5. The molecule has 0 aliphatic carbocycles. The van der Waals surface area contributed by atoms with Crippen LogP contribution in [0.4, 0.5) is 0 Å². The number of piperidine rings is 1. The zero-order valence-corrected chi connectivity index (χ0v) is 17.8. The van der Waals surface area contributed by atoms with Gasteiger partial charge in [0.25, 0.3) is 5.91 Å². The standard InChI is InChI=1S/C23H34N4O2/c1-3-5-11-26-18-13-17(14-19(26)16-29-15-18)24-23(28)22-20-9-7-8-10-21(20)27(25-22)12-6-4-2/h7-10,17-19H,3-6,11-16H2,1-2H3,(H,24,28). The summed E-state index contributed by atoms with van der Waals surface area (Å²) in [6.07, 6.45) is 6.53. The number of ether oxygens (including phenoxy) is 1. The van der Waals surface area contributed by atoms with Gasteiger partial charge >= 0.3 is 0 Å². The average molecular weight is 399 g/mol. The van der Waals surface area contributed by atoms with Crippen molar-refractivity contribution in [2.24, 2.45) is 0 Å². The maximum atomic E-state index is 13.2. The van der Waals surface area contributed by atoms with E-state index in [1.165, 1.54) is 12.8 Å². The Morgan fingerprint density at radius 1 is 1.10 bits per heavy atom. The van der Waals surface area contributed by atoms with Crippen molar-refractivity contribution in [2.45, 2.75) is 77.0 Å². The highest BCUT2D eigenvalue weighted by Gasteiger charge is 2.39. The molecule has 1 amide bonds. The Labute approximate surface area is 173 Å². The molecule has 2 fully saturated rings. The summed E-state index contributed by atoms with van der Waals surface area (Å²) in [5, 5.41) is 8.94. The number of carbonyl (C=O) groups excluding carboxylic acids is 1. The average Bonchev–Trinajstić information content (AvgIpc) is 3.09. The van der Waals surface area contributed by atoms with Crippen LogP contribution in [0.5, 0.6) is 0 Å². The molecule has 0 spiro atoms. The lowest BCUT2D eigenvalue weighted by Crippen LogP contribution is -2.60. The summed E-state index contributed by atoms with van der Waals surface area (Å²) in [6.45, 7) is 7.96. The van der Waals surface area contributed by atoms with Crippen LogP contribution in [0.3, 0.4) is 0 Å². The van der Waals surface area contributed by atoms with Crippen LogP contribution in [-0.2, 0) is 11.3 Å². The number of unbranched alkanes of at least 4 members (excludes halogenated alkanes) is 2. The number of para-hydroxylation sites is 1. The van der Waals surface area contributed by atoms with Crippen LogP contribution in [0.15, 0.2) is 24.3 Å². The van der Waals surface area contributed by atoms with Gasteiger partial charge in [0.05, 0.1) is 18.7 Å². The van der Waals surface area contributed by atoms with Gasteiger partial charge in [-0.05, 0) is 38.3 Å². The number of rotatable bonds is 8. The third kappa shape index (κ3) is 4.33. The number of hydrogen-bond acceptors (Lipinski definition) is 4. The molecule has 29 heavy (non-hydrogen) atoms. The first-order chi connectivity index (χ1) is 14.2. The Hall–Kier alpha value is -1.92. The van der Waals surface area contributed by atoms with Crippen molar-refractivity contribution in [1.29, 1.82) is 0 Å². The second-order valence-electron chi connectivity index (χ2n) is 8.52. The van der Waals surface area contributed by atoms with E-state index in [9.17, 15) is 4.79 Å². The summed E-state index contributed by atoms with van der Waals surface area (Å²) >= 11 is 0. The molecule has 2 aliphatic heterocycles. The van der Waals surface area contributed by atoms with E-state index in [1.807, 2.05) is 22.9 Å². The fourth-order valence-corrected chi connectivity index (χ4v) is 4.84. The summed E-state index contributed by atoms with van der Waals surface area (Å²) in [5.74, 6) is -0.0394. The quantitative estimate of drug-likeness (QED) is 0.738. The smallest absolute Gasteiger partial charge is 0.272 e. The molecule has 2 unspecified atom stereocenters. The van der Waals surface area contributed by atoms with Crippen LogP contribution < -0.4 is 5.32 Å². The third-order valence-electron chi connectivity index (χ3n) is 6.37. The van der Waals surface area contributed by atoms with E-state index < -0.39 is 0 Å². The maximum Gasteiger partial charge on any atom is 0.272 e. The van der Waals surface area contributed by atoms with E-state index in [0.717, 1.165) is 62.9 Å². The largest absolute Gasteiger partial charge is 0.378 e. The lowest BCUT2D eigenvalue weighted by atomic mass is 9.89. The molecule has 1 N–H and O–H groups in total. The normalized spacial score (nSPS) is 24.7. The first-order valence-corrected chi connectivity index (χ1v) is 11.3. The van der Waals surface area contributed by atoms with Crippen LogP contribution >= 0.6 is 0 Å². The number of hydrogen-bond donors (Lipinski definition) is 1. The van der Waals surface area contributed by atoms with Crippen LogP contribution in [0, 0.1) is 0 Å². The molecule has 1 aromatic heterocycles. The summed E-state index contributed by atoms with van der Waals surface area (Å²) in [4.78, 5) is 15.8. The van der Waals surface area contributed by atoms with Crippen LogP contribution in [0.1, 0.15) is 62.9 Å². The fraction of sp³-hybridized carbons (Fsp3) is 0.652. The summed E-state index contributed by atoms with van der Waals surface area (Å²) < 4.78 is 7.80. The van der Waals surface area contributed by atoms with Gasteiger partial charge in [-0.1, -0.05) is 44.9 Å². The maximum absolute atomic E-state index is 13.2. The second kappa shape index (κ2) is 9.26. The van der Waals surface area contributed by atoms with E-state index >= 15 is 0 Å². The molecule has 6 nitrogen and oxygen atoms in total. The first kappa shape index (κ1) is 20.4. The van der Waals surface area contributed by atoms with Gasteiger partial charge in [0.15, 0.2) is 5.69 Å². The number of benzene rings is 1. The Bertz CT molecular complexity index is 819. The molecule has 6 heteroatoms. The number of amides is 1. The minimum atomic E-state index is -0.0394. The molecule has 3 heterocycles. The highest BCUT2D eigenvalue weighted by Crippen LogP contribution is 2.28. The van der Waals surface area contributed by atoms with Gasteiger partial charge in [0, 0.05) is 30.1 Å². The van der Waals surface area contributed by atoms with Crippen molar-refractivity contribution in [3.05, 3.63) is 30.0 Å². The Kier molecular flexibility index (Phi) is 6.50. The molecule has 0 radical (unpaired) electrons. The molecule has 2 atom stereocenters. The first-order valence-electron chi connectivity index (χ1n) is 11.3. The molecule has 1 aromatic carbocycles. The molecule has 4 rings (SSSR count). The SMILES string of the molecule is CCCCN1C2COCC1CC(NC(=O)c1nn(CCCC)c3ccccc13)C2. The molecule has 2 aliphatic rings. The minimum Gasteiger partial charge on any atom is -0.378 e. The van der Waals surface area contributed by atoms with Crippen molar-refractivity contribution >= 4 is 16.8 Å². The zero-order chi connectivity index (χ0) is 20.2. The van der Waals surface area contributed by atoms with Crippen LogP contribution in [-0.4, -0.2) is 58.5 Å². The minimum absolute atomic E-state index is 0.0394. The number of nitrogens with zero attached hydrogens (tertiary/aromatic N) is 3. The van der Waals surface area contributed by atoms with E-state index in [4.69, 9.17) is 4.74 Å². The van der Waals surface area contributed by atoms with Crippen LogP contribution in [0.25, 0.3) is 10.9 Å². The zero-order valence-electron chi connectivity index (χ0n) is 17.8. The van der Waals surface area contributed by atoms with E-state index in [0.29, 0.717) is 17.8 Å². The lowest BCUT2D eigenvalue weighted by Gasteiger charge is -2.48. The Morgan fingerprint density at radius 2 is 1.79 bits per heavy atom. The third-order valence-corrected chi connectivity index (χ3v) is 6.37. The number of morpholine rings is 1. The molecule has 2 aromatic rings. The van der Waals surface area contributed by atoms with Gasteiger partial charge in [-0.15, -0.1) is 0 Å². The molecular formula is C23H34N4O2. The number of carbonyl (C=O) groups is 1. The molecule has 2 bridgehead atoms. The fourth-order valence-electron chi connectivity index (χ4n) is 4.84. The van der Waals surface area contributed by atoms with Gasteiger partial charge in [0.2, 0.25) is 0 Å². The lowest BCUT2D eigenvalue weighted by molar-refractivity contribution is -0.0802. The Balaban J connectivity index is 1.47. The van der Waals surface area contributed by atoms with E-state index in [-0.39, 0.29) is 11.9 Å². The van der Waals surface area contributed by atoms with E-state index in [1.54, 1.807) is 0 Å². The highest BCUT2D eigenvalue weighted by molar-refractivity contribution is 6.05. The molecule has 2 saturated heterocycles. The van der Waals surface area contributed by atoms with Crippen molar-refractivity contribution in [3.8, 4) is 0 Å². The molecule has 158 valence electrons. The summed E-state index contributed by atoms with van der Waals surface area (Å²) in [6, 6.07) is 9.09. The van der Waals surface area contributed by atoms with Crippen molar-refractivity contribution in [3.63, 3.8) is 0 Å². The molecular weight excluding hydrogens is 364 g/mol. The van der Waals surface area contributed by atoms with Gasteiger partial charge < -0.3 is 10.1 Å². The monoisotopic (exact) mass is 398 g/mol. The predicted octanol–water partition coefficient (Wildman–Crippen LogP) is 3.60. The van der Waals surface area contributed by atoms with Crippen LogP contribution in [0.2, 0.25) is 0 Å². The topological polar surface area (TPSA) is 59.4 Å². The number of nitrogens with one attached hydrogen (secondary N) is 1. The summed E-state index contributed by atoms with van der Waals surface area (Å²) in [5.41, 5.74) is 1.61. The summed E-state index contributed by atoms with van der Waals surface area (Å²) in [7, 11) is 0. The van der Waals surface area contributed by atoms with Gasteiger partial charge in [-0.2, -0.15) is 5.10 Å². The van der Waals surface area contributed by atoms with Gasteiger partial charge in [-0.25, -0.2) is 0 Å². The van der Waals surface area contributed by atoms with Gasteiger partial charge in [0.1, 0.15) is 0 Å². The number of aryl methyl sites for hydroxylation is 1. The van der Waals surface area contributed by atoms with Crippen molar-refractivity contribution in [2.75, 3.05) is 19.8 Å². The molecule has 0 saturated carbocycles. The Morgan fingerprint density at radius 3 is 2.52 bits per heavy atom. The van der Waals surface area contributed by atoms with Crippen molar-refractivity contribution in [1.82, 2.24) is 20.0 Å². The van der Waals surface area contributed by atoms with Crippen molar-refractivity contribution < 1.29 is 9.53 Å². The number of aromatic nitrogens is 2. The van der Waals surface area contributed by atoms with E-state index in [2.05, 4.69) is 35.2 Å².